The van der Waals surface area contributed by atoms with Crippen molar-refractivity contribution < 1.29 is 4.74 Å². The van der Waals surface area contributed by atoms with E-state index in [4.69, 9.17) is 4.74 Å². The van der Waals surface area contributed by atoms with Crippen molar-refractivity contribution in [1.29, 1.82) is 0 Å². The summed E-state index contributed by atoms with van der Waals surface area (Å²) >= 11 is 1.68. The van der Waals surface area contributed by atoms with Crippen LogP contribution >= 0.6 is 11.3 Å². The average molecular weight is 243 g/mol. The van der Waals surface area contributed by atoms with E-state index in [-0.39, 0.29) is 0 Å². The Morgan fingerprint density at radius 1 is 1.62 bits per heavy atom. The fourth-order valence-electron chi connectivity index (χ4n) is 1.33. The lowest BCUT2D eigenvalue weighted by Crippen LogP contribution is -2.32. The maximum absolute atomic E-state index is 5.14. The van der Waals surface area contributed by atoms with Crippen LogP contribution in [0.1, 0.15) is 19.5 Å². The number of aromatic nitrogens is 1. The Balaban J connectivity index is 2.55. The topological polar surface area (TPSA) is 37.4 Å². The van der Waals surface area contributed by atoms with Crippen LogP contribution in [0.4, 0.5) is 5.13 Å². The lowest BCUT2D eigenvalue weighted by Gasteiger charge is -2.23. The Kier molecular flexibility index (Phi) is 5.73. The minimum absolute atomic E-state index is 0.350. The lowest BCUT2D eigenvalue weighted by molar-refractivity contribution is 0.183. The second-order valence-electron chi connectivity index (χ2n) is 3.82. The number of hydrogen-bond donors (Lipinski definition) is 1. The first kappa shape index (κ1) is 13.4. The number of ether oxygens (including phenoxy) is 1. The molecule has 16 heavy (non-hydrogen) atoms. The number of hydrogen-bond acceptors (Lipinski definition) is 5. The lowest BCUT2D eigenvalue weighted by atomic mass is 10.3. The molecule has 0 bridgehead atoms. The maximum Gasteiger partial charge on any atom is 0.185 e. The van der Waals surface area contributed by atoms with E-state index in [1.807, 2.05) is 0 Å². The van der Waals surface area contributed by atoms with E-state index in [2.05, 4.69) is 41.5 Å². The Morgan fingerprint density at radius 2 is 2.38 bits per heavy atom. The van der Waals surface area contributed by atoms with Crippen molar-refractivity contribution in [2.75, 3.05) is 32.2 Å². The summed E-state index contributed by atoms with van der Waals surface area (Å²) in [7, 11) is 3.78. The summed E-state index contributed by atoms with van der Waals surface area (Å²) in [6.45, 7) is 6.77. The summed E-state index contributed by atoms with van der Waals surface area (Å²) in [4.78, 5) is 6.73. The molecule has 0 saturated heterocycles. The minimum Gasteiger partial charge on any atom is -0.383 e. The summed E-state index contributed by atoms with van der Waals surface area (Å²) in [6.07, 6.45) is 0. The second kappa shape index (κ2) is 6.83. The SMILES string of the molecule is CCNCc1csc(N(C)C(C)COC)n1. The molecule has 4 nitrogen and oxygen atoms in total. The number of nitrogens with one attached hydrogen (secondary N) is 1. The highest BCUT2D eigenvalue weighted by Gasteiger charge is 2.13. The van der Waals surface area contributed by atoms with Gasteiger partial charge in [-0.3, -0.25) is 0 Å². The van der Waals surface area contributed by atoms with E-state index in [9.17, 15) is 0 Å². The van der Waals surface area contributed by atoms with E-state index >= 15 is 0 Å². The highest BCUT2D eigenvalue weighted by atomic mass is 32.1. The van der Waals surface area contributed by atoms with Gasteiger partial charge in [0.05, 0.1) is 18.3 Å². The molecule has 0 spiro atoms. The van der Waals surface area contributed by atoms with Gasteiger partial charge >= 0.3 is 0 Å². The van der Waals surface area contributed by atoms with Crippen LogP contribution in [0.5, 0.6) is 0 Å². The molecule has 0 aromatic carbocycles. The van der Waals surface area contributed by atoms with Crippen LogP contribution in [-0.4, -0.2) is 38.3 Å². The van der Waals surface area contributed by atoms with Crippen molar-refractivity contribution in [1.82, 2.24) is 10.3 Å². The number of thiazole rings is 1. The zero-order valence-corrected chi connectivity index (χ0v) is 11.3. The predicted octanol–water partition coefficient (Wildman–Crippen LogP) is 1.72. The monoisotopic (exact) mass is 243 g/mol. The van der Waals surface area contributed by atoms with Crippen LogP contribution in [-0.2, 0) is 11.3 Å². The van der Waals surface area contributed by atoms with Crippen LogP contribution < -0.4 is 10.2 Å². The number of likely N-dealkylation sites (N-methyl/N-ethyl adjacent to an activating group) is 1. The van der Waals surface area contributed by atoms with Crippen molar-refractivity contribution in [2.45, 2.75) is 26.4 Å². The first-order valence-electron chi connectivity index (χ1n) is 5.56. The van der Waals surface area contributed by atoms with E-state index in [1.54, 1.807) is 18.4 Å². The maximum atomic E-state index is 5.14. The molecule has 0 saturated carbocycles. The molecule has 0 aliphatic heterocycles. The fourth-order valence-corrected chi connectivity index (χ4v) is 2.23. The third kappa shape index (κ3) is 3.73. The van der Waals surface area contributed by atoms with Gasteiger partial charge < -0.3 is 15.0 Å². The molecular formula is C11H21N3OS. The number of methoxy groups -OCH3 is 1. The van der Waals surface area contributed by atoms with Crippen molar-refractivity contribution in [3.05, 3.63) is 11.1 Å². The second-order valence-corrected chi connectivity index (χ2v) is 4.65. The fraction of sp³-hybridized carbons (Fsp3) is 0.727. The van der Waals surface area contributed by atoms with Gasteiger partial charge in [-0.1, -0.05) is 6.92 Å². The molecule has 1 N–H and O–H groups in total. The van der Waals surface area contributed by atoms with Crippen LogP contribution in [0, 0.1) is 0 Å². The molecule has 1 aromatic rings. The summed E-state index contributed by atoms with van der Waals surface area (Å²) in [6, 6.07) is 0.350. The Labute approximate surface area is 102 Å². The smallest absolute Gasteiger partial charge is 0.185 e. The van der Waals surface area contributed by atoms with E-state index in [0.29, 0.717) is 6.04 Å². The molecule has 92 valence electrons. The summed E-state index contributed by atoms with van der Waals surface area (Å²) < 4.78 is 5.14. The summed E-state index contributed by atoms with van der Waals surface area (Å²) in [5.74, 6) is 0. The first-order valence-corrected chi connectivity index (χ1v) is 6.43. The Morgan fingerprint density at radius 3 is 3.00 bits per heavy atom. The van der Waals surface area contributed by atoms with Gasteiger partial charge in [-0.2, -0.15) is 0 Å². The zero-order chi connectivity index (χ0) is 12.0. The van der Waals surface area contributed by atoms with E-state index in [0.717, 1.165) is 30.5 Å². The third-order valence-electron chi connectivity index (χ3n) is 2.47. The number of anilines is 1. The van der Waals surface area contributed by atoms with Crippen molar-refractivity contribution in [3.8, 4) is 0 Å². The predicted molar refractivity (Wildman–Crippen MR) is 69.2 cm³/mol. The minimum atomic E-state index is 0.350. The average Bonchev–Trinajstić information content (AvgIpc) is 2.74. The highest BCUT2D eigenvalue weighted by Crippen LogP contribution is 2.21. The van der Waals surface area contributed by atoms with Gasteiger partial charge in [0.15, 0.2) is 5.13 Å². The van der Waals surface area contributed by atoms with Crippen molar-refractivity contribution in [2.24, 2.45) is 0 Å². The van der Waals surface area contributed by atoms with Crippen LogP contribution in [0.25, 0.3) is 0 Å². The summed E-state index contributed by atoms with van der Waals surface area (Å²) in [5, 5.41) is 6.43. The number of nitrogens with zero attached hydrogens (tertiary/aromatic N) is 2. The standard InChI is InChI=1S/C11H21N3OS/c1-5-12-6-10-8-16-11(13-10)14(3)9(2)7-15-4/h8-9,12H,5-7H2,1-4H3. The van der Waals surface area contributed by atoms with Crippen molar-refractivity contribution in [3.63, 3.8) is 0 Å². The van der Waals surface area contributed by atoms with E-state index < -0.39 is 0 Å². The molecule has 1 heterocycles. The zero-order valence-electron chi connectivity index (χ0n) is 10.5. The first-order chi connectivity index (χ1) is 7.69. The Bertz CT molecular complexity index is 303. The molecule has 0 amide bonds. The van der Waals surface area contributed by atoms with Gasteiger partial charge in [0.1, 0.15) is 0 Å². The van der Waals surface area contributed by atoms with Gasteiger partial charge in [0.25, 0.3) is 0 Å². The molecule has 5 heteroatoms. The van der Waals surface area contributed by atoms with E-state index in [1.165, 1.54) is 0 Å². The van der Waals surface area contributed by atoms with Gasteiger partial charge in [-0.25, -0.2) is 4.98 Å². The molecule has 0 fully saturated rings. The highest BCUT2D eigenvalue weighted by molar-refractivity contribution is 7.13. The molecular weight excluding hydrogens is 222 g/mol. The van der Waals surface area contributed by atoms with Gasteiger partial charge in [-0.05, 0) is 13.5 Å². The molecule has 1 rings (SSSR count). The van der Waals surface area contributed by atoms with Crippen molar-refractivity contribution >= 4 is 16.5 Å². The van der Waals surface area contributed by atoms with Gasteiger partial charge in [0, 0.05) is 26.1 Å². The van der Waals surface area contributed by atoms with Gasteiger partial charge in [-0.15, -0.1) is 11.3 Å². The van der Waals surface area contributed by atoms with Crippen LogP contribution in [0.2, 0.25) is 0 Å². The molecule has 0 aliphatic rings. The normalized spacial score (nSPS) is 12.8. The molecule has 1 unspecified atom stereocenters. The third-order valence-corrected chi connectivity index (χ3v) is 3.45. The van der Waals surface area contributed by atoms with Crippen LogP contribution in [0.15, 0.2) is 5.38 Å². The Hall–Kier alpha value is -0.650. The largest absolute Gasteiger partial charge is 0.383 e. The molecule has 1 atom stereocenters. The molecule has 0 aliphatic carbocycles. The quantitative estimate of drug-likeness (QED) is 0.791. The number of rotatable bonds is 7. The molecule has 1 aromatic heterocycles. The van der Waals surface area contributed by atoms with Crippen LogP contribution in [0.3, 0.4) is 0 Å². The summed E-state index contributed by atoms with van der Waals surface area (Å²) in [5.41, 5.74) is 1.11. The molecule has 0 radical (unpaired) electrons. The van der Waals surface area contributed by atoms with Gasteiger partial charge in [0.2, 0.25) is 0 Å².